The fourth-order valence-electron chi connectivity index (χ4n) is 4.44. The van der Waals surface area contributed by atoms with Crippen LogP contribution in [-0.4, -0.2) is 27.4 Å². The van der Waals surface area contributed by atoms with Crippen molar-refractivity contribution in [3.8, 4) is 0 Å². The molecule has 3 N–H and O–H groups in total. The second-order valence-electron chi connectivity index (χ2n) is 7.09. The van der Waals surface area contributed by atoms with E-state index in [1.165, 1.54) is 17.0 Å². The van der Waals surface area contributed by atoms with Crippen LogP contribution in [0.25, 0.3) is 5.65 Å². The van der Waals surface area contributed by atoms with E-state index in [0.717, 1.165) is 25.7 Å². The molecule has 0 spiro atoms. The van der Waals surface area contributed by atoms with E-state index in [-0.39, 0.29) is 41.5 Å². The average molecular weight is 363 g/mol. The van der Waals surface area contributed by atoms with Crippen LogP contribution in [0.4, 0.5) is 0 Å². The zero-order valence-electron chi connectivity index (χ0n) is 13.9. The molecule has 0 aromatic carbocycles. The Morgan fingerprint density at radius 1 is 1.24 bits per heavy atom. The lowest BCUT2D eigenvalue weighted by atomic mass is 9.67. The third-order valence-corrected chi connectivity index (χ3v) is 5.53. The Bertz CT molecular complexity index is 823. The molecular formula is C18H23ClN4O2. The van der Waals surface area contributed by atoms with E-state index in [4.69, 9.17) is 5.73 Å². The van der Waals surface area contributed by atoms with Crippen molar-refractivity contribution in [3.63, 3.8) is 0 Å². The number of carbonyl (C=O) groups is 1. The van der Waals surface area contributed by atoms with E-state index in [0.29, 0.717) is 17.5 Å². The Kier molecular flexibility index (Phi) is 5.11. The van der Waals surface area contributed by atoms with Crippen LogP contribution in [0.2, 0.25) is 0 Å². The monoisotopic (exact) mass is 362 g/mol. The summed E-state index contributed by atoms with van der Waals surface area (Å²) in [5, 5.41) is 3.12. The molecule has 0 aliphatic heterocycles. The first-order valence-electron chi connectivity index (χ1n) is 8.66. The summed E-state index contributed by atoms with van der Waals surface area (Å²) in [6, 6.07) is 5.68. The number of aromatic nitrogens is 2. The molecule has 0 saturated heterocycles. The summed E-state index contributed by atoms with van der Waals surface area (Å²) in [5.41, 5.74) is 6.46. The fourth-order valence-corrected chi connectivity index (χ4v) is 4.44. The highest BCUT2D eigenvalue weighted by molar-refractivity contribution is 5.94. The standard InChI is InChI=1S/C18H22N4O2.ClH/c19-13-8-11-4-3-5-12(9-13)16(11)21-17(23)14-10-20-15-6-1-2-7-22(15)18(14)24;/h1-2,6-7,10-13,16H,3-5,8-9,19H2,(H,21,23);1H. The molecule has 2 aliphatic carbocycles. The van der Waals surface area contributed by atoms with Crippen LogP contribution >= 0.6 is 12.4 Å². The molecule has 2 heterocycles. The molecule has 4 rings (SSSR count). The topological polar surface area (TPSA) is 89.5 Å². The molecule has 6 nitrogen and oxygen atoms in total. The smallest absolute Gasteiger partial charge is 0.270 e. The SMILES string of the molecule is Cl.NC1CC2CCCC(C1)C2NC(=O)c1cnc2ccccn2c1=O. The summed E-state index contributed by atoms with van der Waals surface area (Å²) in [6.45, 7) is 0. The maximum Gasteiger partial charge on any atom is 0.270 e. The Balaban J connectivity index is 0.00000182. The molecule has 25 heavy (non-hydrogen) atoms. The number of pyridine rings is 1. The van der Waals surface area contributed by atoms with Crippen molar-refractivity contribution in [1.29, 1.82) is 0 Å². The predicted octanol–water partition coefficient (Wildman–Crippen LogP) is 1.75. The van der Waals surface area contributed by atoms with Crippen LogP contribution in [0.1, 0.15) is 42.5 Å². The minimum Gasteiger partial charge on any atom is -0.349 e. The van der Waals surface area contributed by atoms with Gasteiger partial charge in [0.05, 0.1) is 0 Å². The second kappa shape index (κ2) is 7.14. The van der Waals surface area contributed by atoms with Gasteiger partial charge in [0.15, 0.2) is 0 Å². The van der Waals surface area contributed by atoms with Gasteiger partial charge in [0.1, 0.15) is 11.2 Å². The summed E-state index contributed by atoms with van der Waals surface area (Å²) in [7, 11) is 0. The lowest BCUT2D eigenvalue weighted by molar-refractivity contribution is 0.0754. The van der Waals surface area contributed by atoms with Crippen LogP contribution in [0, 0.1) is 11.8 Å². The van der Waals surface area contributed by atoms with Gasteiger partial charge in [0.25, 0.3) is 11.5 Å². The van der Waals surface area contributed by atoms with Crippen molar-refractivity contribution in [2.75, 3.05) is 0 Å². The molecule has 2 fully saturated rings. The van der Waals surface area contributed by atoms with Crippen LogP contribution < -0.4 is 16.6 Å². The van der Waals surface area contributed by atoms with Gasteiger partial charge in [0, 0.05) is 24.5 Å². The fraction of sp³-hybridized carbons (Fsp3) is 0.500. The second-order valence-corrected chi connectivity index (χ2v) is 7.09. The van der Waals surface area contributed by atoms with Gasteiger partial charge < -0.3 is 11.1 Å². The number of nitrogens with zero attached hydrogens (tertiary/aromatic N) is 2. The zero-order valence-corrected chi connectivity index (χ0v) is 14.7. The number of nitrogens with one attached hydrogen (secondary N) is 1. The highest BCUT2D eigenvalue weighted by atomic mass is 35.5. The number of halogens is 1. The first-order valence-corrected chi connectivity index (χ1v) is 8.66. The maximum atomic E-state index is 12.7. The summed E-state index contributed by atoms with van der Waals surface area (Å²) < 4.78 is 1.41. The highest BCUT2D eigenvalue weighted by Crippen LogP contribution is 2.39. The number of amides is 1. The quantitative estimate of drug-likeness (QED) is 0.851. The van der Waals surface area contributed by atoms with E-state index in [2.05, 4.69) is 10.3 Å². The van der Waals surface area contributed by atoms with Crippen molar-refractivity contribution in [3.05, 3.63) is 46.5 Å². The van der Waals surface area contributed by atoms with Gasteiger partial charge in [0.2, 0.25) is 0 Å². The van der Waals surface area contributed by atoms with Crippen LogP contribution in [0.15, 0.2) is 35.4 Å². The molecule has 7 heteroatoms. The summed E-state index contributed by atoms with van der Waals surface area (Å²) in [6.07, 6.45) is 8.34. The Morgan fingerprint density at radius 3 is 2.68 bits per heavy atom. The molecule has 1 amide bonds. The lowest BCUT2D eigenvalue weighted by Crippen LogP contribution is -2.54. The third kappa shape index (κ3) is 3.28. The molecule has 2 bridgehead atoms. The Labute approximate surface area is 152 Å². The van der Waals surface area contributed by atoms with Gasteiger partial charge in [-0.2, -0.15) is 0 Å². The van der Waals surface area contributed by atoms with Crippen LogP contribution in [-0.2, 0) is 0 Å². The number of hydrogen-bond acceptors (Lipinski definition) is 4. The normalized spacial score (nSPS) is 28.2. The number of nitrogens with two attached hydrogens (primary N) is 1. The van der Waals surface area contributed by atoms with Crippen LogP contribution in [0.5, 0.6) is 0 Å². The maximum absolute atomic E-state index is 12.7. The van der Waals surface area contributed by atoms with Gasteiger partial charge >= 0.3 is 0 Å². The number of hydrogen-bond donors (Lipinski definition) is 2. The molecular weight excluding hydrogens is 340 g/mol. The van der Waals surface area contributed by atoms with Gasteiger partial charge in [-0.05, 0) is 49.7 Å². The third-order valence-electron chi connectivity index (χ3n) is 5.53. The average Bonchev–Trinajstić information content (AvgIpc) is 2.56. The molecule has 2 aromatic rings. The van der Waals surface area contributed by atoms with E-state index in [9.17, 15) is 9.59 Å². The molecule has 0 radical (unpaired) electrons. The van der Waals surface area contributed by atoms with Gasteiger partial charge in [-0.1, -0.05) is 12.5 Å². The van der Waals surface area contributed by atoms with Gasteiger partial charge in [-0.15, -0.1) is 12.4 Å². The molecule has 2 aliphatic rings. The van der Waals surface area contributed by atoms with E-state index in [1.807, 2.05) is 6.07 Å². The lowest BCUT2D eigenvalue weighted by Gasteiger charge is -2.45. The van der Waals surface area contributed by atoms with Crippen molar-refractivity contribution < 1.29 is 4.79 Å². The van der Waals surface area contributed by atoms with Crippen LogP contribution in [0.3, 0.4) is 0 Å². The highest BCUT2D eigenvalue weighted by Gasteiger charge is 2.40. The zero-order chi connectivity index (χ0) is 16.7. The largest absolute Gasteiger partial charge is 0.349 e. The predicted molar refractivity (Wildman–Crippen MR) is 98.0 cm³/mol. The first-order chi connectivity index (χ1) is 11.6. The van der Waals surface area contributed by atoms with E-state index < -0.39 is 0 Å². The van der Waals surface area contributed by atoms with E-state index >= 15 is 0 Å². The van der Waals surface area contributed by atoms with Crippen molar-refractivity contribution in [2.45, 2.75) is 44.2 Å². The molecule has 134 valence electrons. The minimum absolute atomic E-state index is 0. The number of rotatable bonds is 2. The minimum atomic E-state index is -0.323. The molecule has 2 aromatic heterocycles. The van der Waals surface area contributed by atoms with Crippen molar-refractivity contribution >= 4 is 24.0 Å². The number of fused-ring (bicyclic) bond motifs is 3. The molecule has 2 saturated carbocycles. The molecule has 2 atom stereocenters. The van der Waals surface area contributed by atoms with Crippen molar-refractivity contribution in [1.82, 2.24) is 14.7 Å². The first kappa shape index (κ1) is 17.9. The Hall–Kier alpha value is -1.92. The number of carbonyl (C=O) groups excluding carboxylic acids is 1. The molecule has 2 unspecified atom stereocenters. The summed E-state index contributed by atoms with van der Waals surface area (Å²) >= 11 is 0. The van der Waals surface area contributed by atoms with Crippen molar-refractivity contribution in [2.24, 2.45) is 17.6 Å². The van der Waals surface area contributed by atoms with E-state index in [1.54, 1.807) is 18.3 Å². The summed E-state index contributed by atoms with van der Waals surface area (Å²) in [4.78, 5) is 29.5. The Morgan fingerprint density at radius 2 is 1.96 bits per heavy atom. The van der Waals surface area contributed by atoms with Gasteiger partial charge in [-0.3, -0.25) is 14.0 Å². The summed E-state index contributed by atoms with van der Waals surface area (Å²) in [5.74, 6) is 0.531. The van der Waals surface area contributed by atoms with Gasteiger partial charge in [-0.25, -0.2) is 4.98 Å².